The number of rotatable bonds is 3. The Morgan fingerprint density at radius 3 is 2.17 bits per heavy atom. The van der Waals surface area contributed by atoms with Gasteiger partial charge in [0.1, 0.15) is 12.4 Å². The fourth-order valence-corrected chi connectivity index (χ4v) is 12.0. The van der Waals surface area contributed by atoms with Gasteiger partial charge in [-0.3, -0.25) is 4.79 Å². The average molecular weight is 485 g/mol. The second kappa shape index (κ2) is 8.07. The van der Waals surface area contributed by atoms with Crippen LogP contribution in [-0.2, 0) is 14.3 Å². The Balaban J connectivity index is 1.51. The van der Waals surface area contributed by atoms with E-state index in [0.717, 1.165) is 25.2 Å². The topological polar surface area (TPSA) is 43.4 Å². The van der Waals surface area contributed by atoms with Crippen LogP contribution in [-0.4, -0.2) is 18.4 Å². The second-order valence-corrected chi connectivity index (χ2v) is 15.4. The van der Waals surface area contributed by atoms with E-state index in [4.69, 9.17) is 4.74 Å². The van der Waals surface area contributed by atoms with Crippen LogP contribution in [0.3, 0.4) is 0 Å². The van der Waals surface area contributed by atoms with Gasteiger partial charge in [-0.25, -0.2) is 0 Å². The molecule has 0 heterocycles. The van der Waals surface area contributed by atoms with Crippen LogP contribution >= 0.6 is 0 Å². The van der Waals surface area contributed by atoms with Crippen LogP contribution in [0.1, 0.15) is 120 Å². The van der Waals surface area contributed by atoms with Gasteiger partial charge in [0.05, 0.1) is 0 Å². The minimum absolute atomic E-state index is 0.0190. The Labute approximate surface area is 214 Å². The van der Waals surface area contributed by atoms with Crippen molar-refractivity contribution in [3.63, 3.8) is 0 Å². The van der Waals surface area contributed by atoms with Crippen LogP contribution in [0.15, 0.2) is 0 Å². The quantitative estimate of drug-likeness (QED) is 0.302. The fourth-order valence-electron chi connectivity index (χ4n) is 12.0. The van der Waals surface area contributed by atoms with Crippen LogP contribution in [0.25, 0.3) is 0 Å². The Morgan fingerprint density at radius 1 is 0.829 bits per heavy atom. The minimum atomic E-state index is -0.127. The van der Waals surface area contributed by atoms with Gasteiger partial charge in [0.25, 0.3) is 0 Å². The average Bonchev–Trinajstić information content (AvgIpc) is 3.16. The summed E-state index contributed by atoms with van der Waals surface area (Å²) >= 11 is 0. The molecule has 198 valence electrons. The van der Waals surface area contributed by atoms with Gasteiger partial charge in [0.15, 0.2) is 0 Å². The number of ether oxygens (including phenoxy) is 1. The number of aldehydes is 1. The summed E-state index contributed by atoms with van der Waals surface area (Å²) in [5.41, 5.74) is 0.909. The summed E-state index contributed by atoms with van der Waals surface area (Å²) in [7, 11) is 0. The van der Waals surface area contributed by atoms with E-state index in [9.17, 15) is 9.59 Å². The summed E-state index contributed by atoms with van der Waals surface area (Å²) in [6, 6.07) is 0. The molecule has 0 N–H and O–H groups in total. The van der Waals surface area contributed by atoms with Crippen molar-refractivity contribution in [2.45, 2.75) is 126 Å². The molecule has 0 spiro atoms. The fraction of sp³-hybridized carbons (Fsp3) is 0.938. The highest BCUT2D eigenvalue weighted by Gasteiger charge is 2.71. The molecule has 0 radical (unpaired) electrons. The molecule has 0 aromatic rings. The van der Waals surface area contributed by atoms with E-state index < -0.39 is 0 Å². The summed E-state index contributed by atoms with van der Waals surface area (Å²) in [5, 5.41) is 0. The maximum Gasteiger partial charge on any atom is 0.302 e. The maximum absolute atomic E-state index is 12.7. The number of carbonyl (C=O) groups excluding carboxylic acids is 2. The van der Waals surface area contributed by atoms with Crippen LogP contribution in [0.5, 0.6) is 0 Å². The van der Waals surface area contributed by atoms with Crippen molar-refractivity contribution in [2.24, 2.45) is 62.6 Å². The van der Waals surface area contributed by atoms with E-state index in [1.54, 1.807) is 6.92 Å². The first-order chi connectivity index (χ1) is 16.3. The zero-order valence-corrected chi connectivity index (χ0v) is 23.9. The number of hydrogen-bond acceptors (Lipinski definition) is 3. The first kappa shape index (κ1) is 25.8. The van der Waals surface area contributed by atoms with Gasteiger partial charge in [0, 0.05) is 17.8 Å². The van der Waals surface area contributed by atoms with Crippen molar-refractivity contribution in [3.8, 4) is 0 Å². The van der Waals surface area contributed by atoms with E-state index in [1.165, 1.54) is 51.2 Å². The maximum atomic E-state index is 12.7. The monoisotopic (exact) mass is 484 g/mol. The summed E-state index contributed by atoms with van der Waals surface area (Å²) in [4.78, 5) is 24.5. The highest BCUT2D eigenvalue weighted by Crippen LogP contribution is 2.77. The van der Waals surface area contributed by atoms with Crippen molar-refractivity contribution in [2.75, 3.05) is 0 Å². The standard InChI is InChI=1S/C32H52O3/c1-20(2)22-11-16-32(19-33)18-17-30(7)23(27(22)32)9-10-25-29(6)14-13-26(35-21(3)34)28(4,5)24(29)12-15-31(25,30)8/h19-20,22-27H,9-18H2,1-8H3/t22?,23?,24-,25+,26-,27?,29-,30+,31?,32+/m0/s1. The number of fused-ring (bicyclic) bond motifs is 7. The normalized spacial score (nSPS) is 52.6. The van der Waals surface area contributed by atoms with E-state index in [-0.39, 0.29) is 22.9 Å². The van der Waals surface area contributed by atoms with Gasteiger partial charge in [-0.1, -0.05) is 48.5 Å². The third-order valence-electron chi connectivity index (χ3n) is 13.9. The Hall–Kier alpha value is -0.860. The van der Waals surface area contributed by atoms with Gasteiger partial charge in [-0.05, 0) is 116 Å². The van der Waals surface area contributed by atoms with Crippen LogP contribution in [0.4, 0.5) is 0 Å². The zero-order chi connectivity index (χ0) is 25.6. The molecular formula is C32H52O3. The molecule has 0 bridgehead atoms. The lowest BCUT2D eigenvalue weighted by molar-refractivity contribution is -0.249. The molecule has 0 aromatic heterocycles. The lowest BCUT2D eigenvalue weighted by Crippen LogP contribution is -2.67. The predicted molar refractivity (Wildman–Crippen MR) is 141 cm³/mol. The number of carbonyl (C=O) groups is 2. The molecule has 0 aromatic carbocycles. The molecule has 5 aliphatic carbocycles. The zero-order valence-electron chi connectivity index (χ0n) is 23.9. The van der Waals surface area contributed by atoms with Crippen molar-refractivity contribution in [1.29, 1.82) is 0 Å². The highest BCUT2D eigenvalue weighted by molar-refractivity contribution is 5.66. The number of hydrogen-bond donors (Lipinski definition) is 0. The second-order valence-electron chi connectivity index (χ2n) is 15.4. The SMILES string of the molecule is CC(=O)O[C@H]1CC[C@@]2(C)[C@@H](CCC3(C)[C@@H]2CCC2C4C(C(C)C)CC[C@]4(C=O)CC[C@]23C)C1(C)C. The van der Waals surface area contributed by atoms with Gasteiger partial charge in [0.2, 0.25) is 0 Å². The molecule has 10 atom stereocenters. The molecule has 5 aliphatic rings. The Morgan fingerprint density at radius 2 is 1.54 bits per heavy atom. The van der Waals surface area contributed by atoms with Crippen LogP contribution in [0.2, 0.25) is 0 Å². The molecular weight excluding hydrogens is 432 g/mol. The van der Waals surface area contributed by atoms with Crippen LogP contribution < -0.4 is 0 Å². The number of esters is 1. The van der Waals surface area contributed by atoms with E-state index in [1.807, 2.05) is 0 Å². The molecule has 0 amide bonds. The first-order valence-corrected chi connectivity index (χ1v) is 14.9. The molecule has 3 heteroatoms. The van der Waals surface area contributed by atoms with E-state index in [2.05, 4.69) is 48.5 Å². The lowest BCUT2D eigenvalue weighted by Gasteiger charge is -2.72. The first-order valence-electron chi connectivity index (χ1n) is 14.9. The Bertz CT molecular complexity index is 876. The molecule has 5 fully saturated rings. The molecule has 4 unspecified atom stereocenters. The lowest BCUT2D eigenvalue weighted by atomic mass is 9.32. The van der Waals surface area contributed by atoms with Crippen molar-refractivity contribution < 1.29 is 14.3 Å². The Kier molecular flexibility index (Phi) is 5.94. The molecule has 5 saturated carbocycles. The molecule has 35 heavy (non-hydrogen) atoms. The van der Waals surface area contributed by atoms with Gasteiger partial charge >= 0.3 is 5.97 Å². The smallest absolute Gasteiger partial charge is 0.302 e. The largest absolute Gasteiger partial charge is 0.462 e. The third kappa shape index (κ3) is 3.27. The summed E-state index contributed by atoms with van der Waals surface area (Å²) in [6.07, 6.45) is 13.5. The summed E-state index contributed by atoms with van der Waals surface area (Å²) < 4.78 is 5.90. The summed E-state index contributed by atoms with van der Waals surface area (Å²) in [6.45, 7) is 19.1. The summed E-state index contributed by atoms with van der Waals surface area (Å²) in [5.74, 6) is 3.82. The predicted octanol–water partition coefficient (Wildman–Crippen LogP) is 7.85. The van der Waals surface area contributed by atoms with E-state index >= 15 is 0 Å². The van der Waals surface area contributed by atoms with Crippen LogP contribution in [0, 0.1) is 62.6 Å². The minimum Gasteiger partial charge on any atom is -0.462 e. The van der Waals surface area contributed by atoms with Crippen molar-refractivity contribution in [3.05, 3.63) is 0 Å². The molecule has 0 aliphatic heterocycles. The van der Waals surface area contributed by atoms with E-state index in [0.29, 0.717) is 45.8 Å². The molecule has 0 saturated heterocycles. The molecule has 5 rings (SSSR count). The van der Waals surface area contributed by atoms with Gasteiger partial charge < -0.3 is 9.53 Å². The molecule has 3 nitrogen and oxygen atoms in total. The van der Waals surface area contributed by atoms with Gasteiger partial charge in [-0.15, -0.1) is 0 Å². The highest BCUT2D eigenvalue weighted by atomic mass is 16.5. The van der Waals surface area contributed by atoms with Crippen molar-refractivity contribution in [1.82, 2.24) is 0 Å². The van der Waals surface area contributed by atoms with Gasteiger partial charge in [-0.2, -0.15) is 0 Å². The third-order valence-corrected chi connectivity index (χ3v) is 13.9. The van der Waals surface area contributed by atoms with Crippen molar-refractivity contribution >= 4 is 12.3 Å².